The number of benzene rings is 3. The molecule has 3 N–H and O–H groups in total. The number of anilines is 2. The fourth-order valence-corrected chi connectivity index (χ4v) is 4.95. The molecule has 0 fully saturated rings. The molecule has 0 spiro atoms. The number of rotatable bonds is 5. The summed E-state index contributed by atoms with van der Waals surface area (Å²) in [5.41, 5.74) is 4.97. The lowest BCUT2D eigenvalue weighted by Gasteiger charge is -2.30. The number of carbonyl (C=O) groups excluding carboxylic acids is 1. The third kappa shape index (κ3) is 4.36. The Bertz CT molecular complexity index is 1250. The van der Waals surface area contributed by atoms with Crippen LogP contribution < -0.4 is 15.4 Å². The monoisotopic (exact) mass is 474 g/mol. The van der Waals surface area contributed by atoms with Crippen LogP contribution in [0.2, 0.25) is 5.02 Å². The van der Waals surface area contributed by atoms with Crippen LogP contribution in [0, 0.1) is 0 Å². The molecule has 174 valence electrons. The van der Waals surface area contributed by atoms with Crippen molar-refractivity contribution in [3.05, 3.63) is 94.1 Å². The van der Waals surface area contributed by atoms with Gasteiger partial charge in [-0.15, -0.1) is 0 Å². The molecule has 2 aliphatic rings. The van der Waals surface area contributed by atoms with E-state index in [0.717, 1.165) is 34.8 Å². The molecule has 2 atom stereocenters. The summed E-state index contributed by atoms with van der Waals surface area (Å²) in [7, 11) is 0. The molecule has 34 heavy (non-hydrogen) atoms. The number of halogens is 1. The van der Waals surface area contributed by atoms with Crippen LogP contribution in [0.25, 0.3) is 0 Å². The first kappa shape index (κ1) is 22.4. The zero-order chi connectivity index (χ0) is 23.7. The molecular weight excluding hydrogens is 448 g/mol. The van der Waals surface area contributed by atoms with E-state index in [4.69, 9.17) is 16.3 Å². The quantitative estimate of drug-likeness (QED) is 0.378. The Morgan fingerprint density at radius 2 is 1.79 bits per heavy atom. The minimum atomic E-state index is -0.511. The summed E-state index contributed by atoms with van der Waals surface area (Å²) >= 11 is 6.27. The predicted molar refractivity (Wildman–Crippen MR) is 136 cm³/mol. The lowest BCUT2D eigenvalue weighted by atomic mass is 9.78. The molecular formula is C28H27ClN2O3. The SMILES string of the molecule is CCCOc1ccc(C2CC(=O)C3=C(C2)Nc2ccccc2NC3c2cc(Cl)ccc2O)cc1. The minimum Gasteiger partial charge on any atom is -0.508 e. The highest BCUT2D eigenvalue weighted by molar-refractivity contribution is 6.30. The summed E-state index contributed by atoms with van der Waals surface area (Å²) in [6, 6.07) is 20.3. The normalized spacial score (nSPS) is 19.4. The van der Waals surface area contributed by atoms with Gasteiger partial charge in [-0.1, -0.05) is 42.8 Å². The van der Waals surface area contributed by atoms with Crippen molar-refractivity contribution < 1.29 is 14.6 Å². The standard InChI is InChI=1S/C28H27ClN2O3/c1-2-13-34-20-10-7-17(8-11-20)18-14-24-27(26(33)15-18)28(21-16-19(29)9-12-25(21)32)31-23-6-4-3-5-22(23)30-24/h3-12,16,18,28,30-32H,2,13-15H2,1H3. The van der Waals surface area contributed by atoms with Gasteiger partial charge in [0.2, 0.25) is 0 Å². The smallest absolute Gasteiger partial charge is 0.163 e. The summed E-state index contributed by atoms with van der Waals surface area (Å²) in [5.74, 6) is 1.05. The Kier molecular flexibility index (Phi) is 6.20. The molecule has 0 aromatic heterocycles. The molecule has 0 bridgehead atoms. The third-order valence-electron chi connectivity index (χ3n) is 6.43. The Morgan fingerprint density at radius 1 is 1.03 bits per heavy atom. The van der Waals surface area contributed by atoms with E-state index in [1.54, 1.807) is 18.2 Å². The van der Waals surface area contributed by atoms with Gasteiger partial charge in [-0.05, 0) is 66.8 Å². The largest absolute Gasteiger partial charge is 0.508 e. The number of phenolic OH excluding ortho intramolecular Hbond substituents is 1. The predicted octanol–water partition coefficient (Wildman–Crippen LogP) is 6.81. The van der Waals surface area contributed by atoms with Gasteiger partial charge in [0.05, 0.1) is 24.0 Å². The van der Waals surface area contributed by atoms with Crippen LogP contribution in [-0.4, -0.2) is 17.5 Å². The van der Waals surface area contributed by atoms with Gasteiger partial charge in [-0.25, -0.2) is 0 Å². The number of allylic oxidation sites excluding steroid dienone is 1. The second-order valence-electron chi connectivity index (χ2n) is 8.79. The summed E-state index contributed by atoms with van der Waals surface area (Å²) in [5, 5.41) is 18.2. The van der Waals surface area contributed by atoms with Gasteiger partial charge >= 0.3 is 0 Å². The van der Waals surface area contributed by atoms with Crippen LogP contribution in [0.5, 0.6) is 11.5 Å². The number of para-hydroxylation sites is 2. The highest BCUT2D eigenvalue weighted by Crippen LogP contribution is 2.46. The summed E-state index contributed by atoms with van der Waals surface area (Å²) in [6.07, 6.45) is 2.04. The van der Waals surface area contributed by atoms with E-state index < -0.39 is 6.04 Å². The third-order valence-corrected chi connectivity index (χ3v) is 6.67. The van der Waals surface area contributed by atoms with E-state index in [1.165, 1.54) is 0 Å². The number of Topliss-reactive ketones (excluding diaryl/α,β-unsaturated/α-hetero) is 1. The number of phenols is 1. The first-order valence-electron chi connectivity index (χ1n) is 11.6. The van der Waals surface area contributed by atoms with Crippen LogP contribution in [0.3, 0.4) is 0 Å². The van der Waals surface area contributed by atoms with Gasteiger partial charge in [-0.2, -0.15) is 0 Å². The highest BCUT2D eigenvalue weighted by Gasteiger charge is 2.37. The lowest BCUT2D eigenvalue weighted by molar-refractivity contribution is -0.116. The molecule has 0 radical (unpaired) electrons. The van der Waals surface area contributed by atoms with E-state index in [9.17, 15) is 9.90 Å². The van der Waals surface area contributed by atoms with E-state index in [1.807, 2.05) is 36.4 Å². The number of ether oxygens (including phenoxy) is 1. The summed E-state index contributed by atoms with van der Waals surface area (Å²) < 4.78 is 5.71. The molecule has 1 heterocycles. The second kappa shape index (κ2) is 9.43. The number of aromatic hydroxyl groups is 1. The van der Waals surface area contributed by atoms with Gasteiger partial charge in [-0.3, -0.25) is 4.79 Å². The van der Waals surface area contributed by atoms with E-state index in [2.05, 4.69) is 29.7 Å². The zero-order valence-corrected chi connectivity index (χ0v) is 19.7. The van der Waals surface area contributed by atoms with Gasteiger partial charge in [0.25, 0.3) is 0 Å². The first-order valence-corrected chi connectivity index (χ1v) is 12.0. The fraction of sp³-hybridized carbons (Fsp3) is 0.250. The van der Waals surface area contributed by atoms with Crippen molar-refractivity contribution in [2.45, 2.75) is 38.1 Å². The van der Waals surface area contributed by atoms with Crippen molar-refractivity contribution in [3.63, 3.8) is 0 Å². The van der Waals surface area contributed by atoms with E-state index in [-0.39, 0.29) is 17.5 Å². The highest BCUT2D eigenvalue weighted by atomic mass is 35.5. The number of carbonyl (C=O) groups is 1. The Labute approximate surface area is 204 Å². The Morgan fingerprint density at radius 3 is 2.56 bits per heavy atom. The number of nitrogens with one attached hydrogen (secondary N) is 2. The van der Waals surface area contributed by atoms with Gasteiger partial charge in [0.1, 0.15) is 11.5 Å². The topological polar surface area (TPSA) is 70.6 Å². The second-order valence-corrected chi connectivity index (χ2v) is 9.23. The molecule has 6 heteroatoms. The van der Waals surface area contributed by atoms with Crippen molar-refractivity contribution in [1.82, 2.24) is 0 Å². The molecule has 1 aliphatic carbocycles. The lowest BCUT2D eigenvalue weighted by Crippen LogP contribution is -2.27. The van der Waals surface area contributed by atoms with Gasteiger partial charge in [0, 0.05) is 28.3 Å². The van der Waals surface area contributed by atoms with Crippen LogP contribution in [0.15, 0.2) is 78.0 Å². The molecule has 5 rings (SSSR count). The van der Waals surface area contributed by atoms with Crippen molar-refractivity contribution in [3.8, 4) is 11.5 Å². The van der Waals surface area contributed by atoms with Crippen molar-refractivity contribution in [1.29, 1.82) is 0 Å². The maximum atomic E-state index is 13.6. The van der Waals surface area contributed by atoms with Crippen LogP contribution in [0.1, 0.15) is 49.3 Å². The maximum absolute atomic E-state index is 13.6. The molecule has 0 saturated heterocycles. The molecule has 0 amide bonds. The van der Waals surface area contributed by atoms with Gasteiger partial charge < -0.3 is 20.5 Å². The average molecular weight is 475 g/mol. The minimum absolute atomic E-state index is 0.0507. The van der Waals surface area contributed by atoms with Gasteiger partial charge in [0.15, 0.2) is 5.78 Å². The van der Waals surface area contributed by atoms with Crippen molar-refractivity contribution in [2.75, 3.05) is 17.2 Å². The summed E-state index contributed by atoms with van der Waals surface area (Å²) in [4.78, 5) is 13.6. The van der Waals surface area contributed by atoms with Crippen molar-refractivity contribution >= 4 is 28.8 Å². The van der Waals surface area contributed by atoms with Crippen LogP contribution in [0.4, 0.5) is 11.4 Å². The fourth-order valence-electron chi connectivity index (χ4n) is 4.77. The zero-order valence-electron chi connectivity index (χ0n) is 19.0. The van der Waals surface area contributed by atoms with Crippen LogP contribution >= 0.6 is 11.6 Å². The first-order chi connectivity index (χ1) is 16.5. The maximum Gasteiger partial charge on any atom is 0.163 e. The molecule has 0 saturated carbocycles. The van der Waals surface area contributed by atoms with Crippen molar-refractivity contribution in [2.24, 2.45) is 0 Å². The Hall–Kier alpha value is -3.44. The number of ketones is 1. The number of hydrogen-bond donors (Lipinski definition) is 3. The molecule has 5 nitrogen and oxygen atoms in total. The molecule has 3 aromatic carbocycles. The number of hydrogen-bond acceptors (Lipinski definition) is 5. The molecule has 2 unspecified atom stereocenters. The van der Waals surface area contributed by atoms with E-state index in [0.29, 0.717) is 35.6 Å². The van der Waals surface area contributed by atoms with Crippen LogP contribution in [-0.2, 0) is 4.79 Å². The molecule has 3 aromatic rings. The Balaban J connectivity index is 1.54. The summed E-state index contributed by atoms with van der Waals surface area (Å²) in [6.45, 7) is 2.77. The molecule has 1 aliphatic heterocycles. The number of fused-ring (bicyclic) bond motifs is 1. The average Bonchev–Trinajstić information content (AvgIpc) is 3.01. The van der Waals surface area contributed by atoms with E-state index >= 15 is 0 Å².